The fourth-order valence-electron chi connectivity index (χ4n) is 3.20. The van der Waals surface area contributed by atoms with E-state index in [0.29, 0.717) is 0 Å². The fourth-order valence-corrected chi connectivity index (χ4v) is 3.62. The van der Waals surface area contributed by atoms with Gasteiger partial charge in [-0.1, -0.05) is 47.3 Å². The van der Waals surface area contributed by atoms with Crippen molar-refractivity contribution in [2.45, 2.75) is 43.8 Å². The second-order valence-electron chi connectivity index (χ2n) is 5.54. The Balaban J connectivity index is 1.77. The minimum Gasteiger partial charge on any atom is -0.364 e. The molecule has 18 heavy (non-hydrogen) atoms. The van der Waals surface area contributed by atoms with Crippen molar-refractivity contribution in [2.24, 2.45) is 0 Å². The molecule has 1 aliphatic heterocycles. The molecule has 2 aliphatic rings. The number of rotatable bonds is 1. The minimum atomic E-state index is 0.101. The molecule has 1 unspecified atom stereocenters. The highest BCUT2D eigenvalue weighted by Crippen LogP contribution is 2.38. The van der Waals surface area contributed by atoms with Crippen LogP contribution >= 0.6 is 15.9 Å². The van der Waals surface area contributed by atoms with E-state index in [4.69, 9.17) is 4.74 Å². The Kier molecular flexibility index (Phi) is 3.73. The summed E-state index contributed by atoms with van der Waals surface area (Å²) >= 11 is 3.54. The lowest BCUT2D eigenvalue weighted by molar-refractivity contribution is -0.135. The highest BCUT2D eigenvalue weighted by Gasteiger charge is 2.38. The molecule has 1 N–H and O–H groups in total. The summed E-state index contributed by atoms with van der Waals surface area (Å²) in [6.07, 6.45) is 6.62. The summed E-state index contributed by atoms with van der Waals surface area (Å²) in [5.41, 5.74) is 1.38. The predicted octanol–water partition coefficient (Wildman–Crippen LogP) is 3.81. The average Bonchev–Trinajstić information content (AvgIpc) is 2.40. The maximum absolute atomic E-state index is 6.47. The van der Waals surface area contributed by atoms with Crippen molar-refractivity contribution in [1.82, 2.24) is 5.32 Å². The SMILES string of the molecule is Brc1cccc(C2CNCC3(CCCCC3)O2)c1. The van der Waals surface area contributed by atoms with E-state index in [9.17, 15) is 0 Å². The number of benzene rings is 1. The van der Waals surface area contributed by atoms with Crippen LogP contribution in [-0.4, -0.2) is 18.7 Å². The van der Waals surface area contributed by atoms with Gasteiger partial charge in [0.2, 0.25) is 0 Å². The summed E-state index contributed by atoms with van der Waals surface area (Å²) in [7, 11) is 0. The van der Waals surface area contributed by atoms with Gasteiger partial charge in [-0.05, 0) is 30.5 Å². The first-order chi connectivity index (χ1) is 8.77. The van der Waals surface area contributed by atoms with Crippen LogP contribution in [0.4, 0.5) is 0 Å². The third-order valence-corrected chi connectivity index (χ3v) is 4.65. The lowest BCUT2D eigenvalue weighted by atomic mass is 9.83. The van der Waals surface area contributed by atoms with Crippen LogP contribution in [0.25, 0.3) is 0 Å². The van der Waals surface area contributed by atoms with Crippen LogP contribution in [0.1, 0.15) is 43.8 Å². The fraction of sp³-hybridized carbons (Fsp3) is 0.600. The molecule has 1 heterocycles. The molecule has 0 bridgehead atoms. The average molecular weight is 310 g/mol. The first-order valence-electron chi connectivity index (χ1n) is 6.91. The molecular formula is C15H20BrNO. The van der Waals surface area contributed by atoms with Crippen LogP contribution in [0, 0.1) is 0 Å². The van der Waals surface area contributed by atoms with Crippen molar-refractivity contribution in [3.63, 3.8) is 0 Å². The van der Waals surface area contributed by atoms with Crippen LogP contribution in [0.5, 0.6) is 0 Å². The molecule has 1 saturated heterocycles. The number of halogens is 1. The predicted molar refractivity (Wildman–Crippen MR) is 76.7 cm³/mol. The highest BCUT2D eigenvalue weighted by atomic mass is 79.9. The second kappa shape index (κ2) is 5.32. The Hall–Kier alpha value is -0.380. The molecule has 98 valence electrons. The number of ether oxygens (including phenoxy) is 1. The van der Waals surface area contributed by atoms with Gasteiger partial charge in [-0.15, -0.1) is 0 Å². The van der Waals surface area contributed by atoms with Gasteiger partial charge in [-0.25, -0.2) is 0 Å². The van der Waals surface area contributed by atoms with E-state index in [1.165, 1.54) is 37.7 Å². The van der Waals surface area contributed by atoms with Crippen molar-refractivity contribution in [1.29, 1.82) is 0 Å². The van der Waals surface area contributed by atoms with E-state index in [0.717, 1.165) is 17.6 Å². The van der Waals surface area contributed by atoms with E-state index in [2.05, 4.69) is 45.5 Å². The Bertz CT molecular complexity index is 409. The molecule has 3 rings (SSSR count). The number of morpholine rings is 1. The summed E-state index contributed by atoms with van der Waals surface area (Å²) in [6.45, 7) is 1.95. The summed E-state index contributed by atoms with van der Waals surface area (Å²) in [5.74, 6) is 0. The number of nitrogens with one attached hydrogen (secondary N) is 1. The highest BCUT2D eigenvalue weighted by molar-refractivity contribution is 9.10. The largest absolute Gasteiger partial charge is 0.364 e. The van der Waals surface area contributed by atoms with Gasteiger partial charge in [0, 0.05) is 17.6 Å². The summed E-state index contributed by atoms with van der Waals surface area (Å²) in [5, 5.41) is 3.57. The smallest absolute Gasteiger partial charge is 0.0957 e. The molecule has 0 amide bonds. The zero-order valence-corrected chi connectivity index (χ0v) is 12.2. The van der Waals surface area contributed by atoms with Crippen LogP contribution in [0.2, 0.25) is 0 Å². The molecule has 1 aliphatic carbocycles. The maximum atomic E-state index is 6.47. The van der Waals surface area contributed by atoms with Crippen molar-refractivity contribution >= 4 is 15.9 Å². The molecule has 3 heteroatoms. The monoisotopic (exact) mass is 309 g/mol. The molecule has 2 fully saturated rings. The van der Waals surface area contributed by atoms with Crippen molar-refractivity contribution in [2.75, 3.05) is 13.1 Å². The van der Waals surface area contributed by atoms with Crippen LogP contribution in [0.15, 0.2) is 28.7 Å². The van der Waals surface area contributed by atoms with E-state index < -0.39 is 0 Å². The van der Waals surface area contributed by atoms with Crippen LogP contribution in [-0.2, 0) is 4.74 Å². The first-order valence-corrected chi connectivity index (χ1v) is 7.71. The third-order valence-electron chi connectivity index (χ3n) is 4.15. The topological polar surface area (TPSA) is 21.3 Å². The lowest BCUT2D eigenvalue weighted by Gasteiger charge is -2.44. The molecule has 2 nitrogen and oxygen atoms in total. The normalized spacial score (nSPS) is 27.3. The zero-order valence-electron chi connectivity index (χ0n) is 10.6. The van der Waals surface area contributed by atoms with Gasteiger partial charge in [0.25, 0.3) is 0 Å². The second-order valence-corrected chi connectivity index (χ2v) is 6.45. The molecule has 1 saturated carbocycles. The standard InChI is InChI=1S/C15H20BrNO/c16-13-6-4-5-12(9-13)14-10-17-11-15(18-14)7-2-1-3-8-15/h4-6,9,14,17H,1-3,7-8,10-11H2. The van der Waals surface area contributed by atoms with Crippen LogP contribution in [0.3, 0.4) is 0 Å². The van der Waals surface area contributed by atoms with Gasteiger partial charge in [0.05, 0.1) is 11.7 Å². The third kappa shape index (κ3) is 2.63. The zero-order chi connectivity index (χ0) is 12.4. The van der Waals surface area contributed by atoms with Gasteiger partial charge < -0.3 is 10.1 Å². The molecule has 0 radical (unpaired) electrons. The van der Waals surface area contributed by atoms with Gasteiger partial charge >= 0.3 is 0 Å². The molecular weight excluding hydrogens is 290 g/mol. The first kappa shape index (κ1) is 12.6. The van der Waals surface area contributed by atoms with Gasteiger partial charge in [0.1, 0.15) is 0 Å². The lowest BCUT2D eigenvalue weighted by Crippen LogP contribution is -2.51. The Morgan fingerprint density at radius 3 is 2.83 bits per heavy atom. The Morgan fingerprint density at radius 2 is 2.06 bits per heavy atom. The molecule has 1 atom stereocenters. The van der Waals surface area contributed by atoms with Crippen molar-refractivity contribution < 1.29 is 4.74 Å². The van der Waals surface area contributed by atoms with E-state index >= 15 is 0 Å². The van der Waals surface area contributed by atoms with Gasteiger partial charge in [-0.3, -0.25) is 0 Å². The summed E-state index contributed by atoms with van der Waals surface area (Å²) < 4.78 is 7.60. The van der Waals surface area contributed by atoms with Crippen LogP contribution < -0.4 is 5.32 Å². The Morgan fingerprint density at radius 1 is 1.22 bits per heavy atom. The summed E-state index contributed by atoms with van der Waals surface area (Å²) in [4.78, 5) is 0. The number of hydrogen-bond donors (Lipinski definition) is 1. The molecule has 0 aromatic heterocycles. The molecule has 1 spiro atoms. The van der Waals surface area contributed by atoms with Crippen molar-refractivity contribution in [3.8, 4) is 0 Å². The Labute approximate surface area is 117 Å². The summed E-state index contributed by atoms with van der Waals surface area (Å²) in [6, 6.07) is 8.49. The van der Waals surface area contributed by atoms with E-state index in [-0.39, 0.29) is 11.7 Å². The molecule has 1 aromatic carbocycles. The molecule has 1 aromatic rings. The van der Waals surface area contributed by atoms with Crippen molar-refractivity contribution in [3.05, 3.63) is 34.3 Å². The minimum absolute atomic E-state index is 0.101. The van der Waals surface area contributed by atoms with Gasteiger partial charge in [0.15, 0.2) is 0 Å². The van der Waals surface area contributed by atoms with Gasteiger partial charge in [-0.2, -0.15) is 0 Å². The van der Waals surface area contributed by atoms with E-state index in [1.54, 1.807) is 0 Å². The quantitative estimate of drug-likeness (QED) is 0.851. The number of hydrogen-bond acceptors (Lipinski definition) is 2. The maximum Gasteiger partial charge on any atom is 0.0957 e. The van der Waals surface area contributed by atoms with E-state index in [1.807, 2.05) is 0 Å².